The summed E-state index contributed by atoms with van der Waals surface area (Å²) in [5.74, 6) is 1.49. The summed E-state index contributed by atoms with van der Waals surface area (Å²) in [5.41, 5.74) is 9.82. The van der Waals surface area contributed by atoms with E-state index in [1.807, 2.05) is 41.7 Å². The highest BCUT2D eigenvalue weighted by molar-refractivity contribution is 7.25. The average Bonchev–Trinajstić information content (AvgIpc) is 3.82. The Labute approximate surface area is 275 Å². The number of hydrogen-bond donors (Lipinski definition) is 0. The lowest BCUT2D eigenvalue weighted by Crippen LogP contribution is -2.10. The topological polar surface area (TPSA) is 29.3 Å². The monoisotopic (exact) mass is 618 g/mol. The fourth-order valence-corrected chi connectivity index (χ4v) is 8.16. The van der Waals surface area contributed by atoms with Crippen LogP contribution >= 0.6 is 11.3 Å². The number of anilines is 3. The molecule has 0 radical (unpaired) electrons. The molecule has 0 saturated heterocycles. The van der Waals surface area contributed by atoms with Crippen molar-refractivity contribution in [1.29, 1.82) is 0 Å². The maximum atomic E-state index is 6.47. The Morgan fingerprint density at radius 2 is 1.17 bits per heavy atom. The van der Waals surface area contributed by atoms with Crippen LogP contribution in [0, 0.1) is 0 Å². The predicted octanol–water partition coefficient (Wildman–Crippen LogP) is 12.6. The van der Waals surface area contributed by atoms with Gasteiger partial charge in [0.25, 0.3) is 0 Å². The minimum absolute atomic E-state index is 0.652. The molecule has 2 aromatic heterocycles. The molecule has 7 aromatic carbocycles. The molecule has 0 atom stereocenters. The summed E-state index contributed by atoms with van der Waals surface area (Å²) < 4.78 is 9.06. The Kier molecular flexibility index (Phi) is 5.74. The average molecular weight is 619 g/mol. The molecule has 0 amide bonds. The summed E-state index contributed by atoms with van der Waals surface area (Å²) in [6.45, 7) is 0. The third-order valence-corrected chi connectivity index (χ3v) is 10.4. The minimum atomic E-state index is 0.652. The molecule has 2 heterocycles. The lowest BCUT2D eigenvalue weighted by molar-refractivity contribution is 0.590. The van der Waals surface area contributed by atoms with Gasteiger partial charge in [-0.2, -0.15) is 0 Å². The van der Waals surface area contributed by atoms with Crippen LogP contribution in [0.1, 0.15) is 0 Å². The molecule has 0 unspecified atom stereocenters. The first-order chi connectivity index (χ1) is 23.3. The number of hydrogen-bond acceptors (Lipinski definition) is 4. The van der Waals surface area contributed by atoms with Gasteiger partial charge in [0.15, 0.2) is 5.76 Å². The van der Waals surface area contributed by atoms with Crippen LogP contribution in [0.2, 0.25) is 0 Å². The highest BCUT2D eigenvalue weighted by Crippen LogP contribution is 2.52. The van der Waals surface area contributed by atoms with E-state index >= 15 is 0 Å². The summed E-state index contributed by atoms with van der Waals surface area (Å²) >= 11 is 1.85. The van der Waals surface area contributed by atoms with Gasteiger partial charge in [0, 0.05) is 59.0 Å². The van der Waals surface area contributed by atoms with Gasteiger partial charge >= 0.3 is 0 Å². The Balaban J connectivity index is 1.17. The van der Waals surface area contributed by atoms with Gasteiger partial charge in [-0.25, -0.2) is 4.98 Å². The first kappa shape index (κ1) is 26.3. The summed E-state index contributed by atoms with van der Waals surface area (Å²) in [6, 6.07) is 56.1. The van der Waals surface area contributed by atoms with Gasteiger partial charge in [0.2, 0.25) is 5.89 Å². The smallest absolute Gasteiger partial charge is 0.227 e. The van der Waals surface area contributed by atoms with Crippen LogP contribution in [-0.2, 0) is 0 Å². The van der Waals surface area contributed by atoms with Gasteiger partial charge in [-0.3, -0.25) is 0 Å². The fraction of sp³-hybridized carbons (Fsp3) is 0. The van der Waals surface area contributed by atoms with Crippen LogP contribution in [0.4, 0.5) is 17.1 Å². The van der Waals surface area contributed by atoms with Crippen molar-refractivity contribution in [3.05, 3.63) is 158 Å². The number of rotatable bonds is 5. The predicted molar refractivity (Wildman–Crippen MR) is 197 cm³/mol. The van der Waals surface area contributed by atoms with Crippen molar-refractivity contribution in [2.45, 2.75) is 0 Å². The van der Waals surface area contributed by atoms with Crippen LogP contribution < -0.4 is 4.90 Å². The molecule has 10 rings (SSSR count). The van der Waals surface area contributed by atoms with Crippen molar-refractivity contribution in [3.63, 3.8) is 0 Å². The first-order valence-corrected chi connectivity index (χ1v) is 16.6. The minimum Gasteiger partial charge on any atom is -0.435 e. The Morgan fingerprint density at radius 3 is 2.00 bits per heavy atom. The van der Waals surface area contributed by atoms with Crippen LogP contribution in [0.15, 0.2) is 162 Å². The number of benzene rings is 7. The third kappa shape index (κ3) is 4.09. The van der Waals surface area contributed by atoms with E-state index in [2.05, 4.69) is 132 Å². The third-order valence-electron chi connectivity index (χ3n) is 9.26. The maximum absolute atomic E-state index is 6.47. The molecule has 1 aliphatic rings. The molecule has 1 aliphatic carbocycles. The number of aromatic nitrogens is 1. The van der Waals surface area contributed by atoms with E-state index in [-0.39, 0.29) is 0 Å². The molecule has 0 N–H and O–H groups in total. The van der Waals surface area contributed by atoms with E-state index in [1.165, 1.54) is 36.7 Å². The Morgan fingerprint density at radius 1 is 0.489 bits per heavy atom. The molecule has 220 valence electrons. The van der Waals surface area contributed by atoms with Crippen molar-refractivity contribution in [2.24, 2.45) is 0 Å². The summed E-state index contributed by atoms with van der Waals surface area (Å²) in [4.78, 5) is 7.40. The van der Waals surface area contributed by atoms with Gasteiger partial charge in [-0.15, -0.1) is 11.3 Å². The van der Waals surface area contributed by atoms with Gasteiger partial charge in [-0.1, -0.05) is 97.1 Å². The van der Waals surface area contributed by atoms with Crippen LogP contribution in [0.5, 0.6) is 0 Å². The standard InChI is InChI=1S/C43H26N2OS/c1-3-10-27(11-4-1)28-18-20-30(21-19-28)45(31-22-25-39-36(26-31)32-14-7-8-17-38(32)47-39)37-24-23-34-40-33(37)15-9-16-35(40)42-41(34)44-43(46-42)29-12-5-2-6-13-29/h1-26H. The molecule has 0 bridgehead atoms. The zero-order valence-electron chi connectivity index (χ0n) is 25.2. The largest absolute Gasteiger partial charge is 0.435 e. The highest BCUT2D eigenvalue weighted by Gasteiger charge is 2.30. The van der Waals surface area contributed by atoms with E-state index in [0.29, 0.717) is 5.89 Å². The van der Waals surface area contributed by atoms with Crippen molar-refractivity contribution in [3.8, 4) is 45.2 Å². The molecular weight excluding hydrogens is 593 g/mol. The normalized spacial score (nSPS) is 11.8. The Bertz CT molecular complexity index is 2590. The van der Waals surface area contributed by atoms with Crippen LogP contribution in [-0.4, -0.2) is 4.98 Å². The second-order valence-electron chi connectivity index (χ2n) is 12.0. The summed E-state index contributed by atoms with van der Waals surface area (Å²) in [5, 5.41) is 4.91. The van der Waals surface area contributed by atoms with Gasteiger partial charge in [-0.05, 0) is 71.8 Å². The SMILES string of the molecule is c1ccc(-c2ccc(N(c3ccc4sc5ccccc5c4c3)c3ccc4c5c(cccc35)-c3oc(-c5ccccc5)nc3-4)cc2)cc1. The molecular formula is C43H26N2OS. The number of fused-ring (bicyclic) bond motifs is 6. The molecule has 0 spiro atoms. The quantitative estimate of drug-likeness (QED) is 0.192. The van der Waals surface area contributed by atoms with Gasteiger partial charge in [0.05, 0.1) is 5.69 Å². The second kappa shape index (κ2) is 10.3. The van der Waals surface area contributed by atoms with Crippen molar-refractivity contribution < 1.29 is 4.42 Å². The molecule has 4 heteroatoms. The number of oxazole rings is 1. The second-order valence-corrected chi connectivity index (χ2v) is 13.0. The highest BCUT2D eigenvalue weighted by atomic mass is 32.1. The van der Waals surface area contributed by atoms with E-state index in [1.54, 1.807) is 0 Å². The first-order valence-electron chi connectivity index (χ1n) is 15.8. The van der Waals surface area contributed by atoms with E-state index in [0.717, 1.165) is 50.6 Å². The van der Waals surface area contributed by atoms with E-state index < -0.39 is 0 Å². The fourth-order valence-electron chi connectivity index (χ4n) is 7.08. The Hall–Kier alpha value is -5.97. The molecule has 47 heavy (non-hydrogen) atoms. The zero-order valence-corrected chi connectivity index (χ0v) is 26.0. The van der Waals surface area contributed by atoms with Gasteiger partial charge < -0.3 is 9.32 Å². The molecule has 0 fully saturated rings. The van der Waals surface area contributed by atoms with E-state index in [9.17, 15) is 0 Å². The van der Waals surface area contributed by atoms with Crippen molar-refractivity contribution in [1.82, 2.24) is 4.98 Å². The summed E-state index contributed by atoms with van der Waals surface area (Å²) in [7, 11) is 0. The zero-order chi connectivity index (χ0) is 30.9. The molecule has 3 nitrogen and oxygen atoms in total. The van der Waals surface area contributed by atoms with Crippen LogP contribution in [0.25, 0.3) is 76.1 Å². The molecule has 9 aromatic rings. The van der Waals surface area contributed by atoms with E-state index in [4.69, 9.17) is 9.40 Å². The lowest BCUT2D eigenvalue weighted by atomic mass is 10.00. The maximum Gasteiger partial charge on any atom is 0.227 e. The van der Waals surface area contributed by atoms with Crippen molar-refractivity contribution in [2.75, 3.05) is 4.90 Å². The lowest BCUT2D eigenvalue weighted by Gasteiger charge is -2.27. The number of thiophene rings is 1. The summed E-state index contributed by atoms with van der Waals surface area (Å²) in [6.07, 6.45) is 0. The van der Waals surface area contributed by atoms with Crippen LogP contribution in [0.3, 0.4) is 0 Å². The molecule has 0 aliphatic heterocycles. The molecule has 0 saturated carbocycles. The van der Waals surface area contributed by atoms with Crippen molar-refractivity contribution >= 4 is 59.3 Å². The van der Waals surface area contributed by atoms with Gasteiger partial charge in [0.1, 0.15) is 5.69 Å². The number of nitrogens with zero attached hydrogens (tertiary/aromatic N) is 2.